The van der Waals surface area contributed by atoms with Crippen molar-refractivity contribution in [2.75, 3.05) is 6.54 Å². The predicted molar refractivity (Wildman–Crippen MR) is 79.1 cm³/mol. The molecule has 0 aliphatic carbocycles. The Morgan fingerprint density at radius 3 is 2.61 bits per heavy atom. The number of rotatable bonds is 10. The third kappa shape index (κ3) is 5.02. The second kappa shape index (κ2) is 9.45. The maximum Gasteiger partial charge on any atom is 0.0803 e. The van der Waals surface area contributed by atoms with Crippen LogP contribution in [0.1, 0.15) is 75.9 Å². The van der Waals surface area contributed by atoms with Crippen molar-refractivity contribution < 1.29 is 0 Å². The minimum absolute atomic E-state index is 0.470. The summed E-state index contributed by atoms with van der Waals surface area (Å²) < 4.78 is 4.15. The van der Waals surface area contributed by atoms with Crippen LogP contribution in [-0.2, 0) is 6.42 Å². The van der Waals surface area contributed by atoms with Gasteiger partial charge in [-0.1, -0.05) is 50.9 Å². The van der Waals surface area contributed by atoms with Gasteiger partial charge in [-0.3, -0.25) is 0 Å². The van der Waals surface area contributed by atoms with Gasteiger partial charge in [0.1, 0.15) is 0 Å². The van der Waals surface area contributed by atoms with E-state index in [2.05, 4.69) is 35.7 Å². The summed E-state index contributed by atoms with van der Waals surface area (Å²) in [5.41, 5.74) is 1.22. The van der Waals surface area contributed by atoms with Crippen molar-refractivity contribution in [3.05, 3.63) is 10.6 Å². The molecule has 0 aliphatic heterocycles. The van der Waals surface area contributed by atoms with Gasteiger partial charge >= 0.3 is 0 Å². The number of nitrogens with zero attached hydrogens (tertiary/aromatic N) is 2. The Morgan fingerprint density at radius 2 is 1.94 bits per heavy atom. The topological polar surface area (TPSA) is 37.8 Å². The van der Waals surface area contributed by atoms with Crippen molar-refractivity contribution in [1.82, 2.24) is 14.9 Å². The number of aryl methyl sites for hydroxylation is 1. The van der Waals surface area contributed by atoms with E-state index >= 15 is 0 Å². The van der Waals surface area contributed by atoms with Crippen LogP contribution < -0.4 is 5.32 Å². The number of hydrogen-bond acceptors (Lipinski definition) is 4. The molecule has 0 fully saturated rings. The van der Waals surface area contributed by atoms with Crippen LogP contribution in [0, 0.1) is 0 Å². The fraction of sp³-hybridized carbons (Fsp3) is 0.857. The van der Waals surface area contributed by atoms with Gasteiger partial charge in [-0.15, -0.1) is 5.10 Å². The van der Waals surface area contributed by atoms with E-state index in [9.17, 15) is 0 Å². The van der Waals surface area contributed by atoms with Gasteiger partial charge in [-0.05, 0) is 37.3 Å². The number of hydrogen-bond donors (Lipinski definition) is 1. The van der Waals surface area contributed by atoms with E-state index in [0.717, 1.165) is 19.4 Å². The van der Waals surface area contributed by atoms with Crippen molar-refractivity contribution in [1.29, 1.82) is 0 Å². The second-order valence-electron chi connectivity index (χ2n) is 4.84. The van der Waals surface area contributed by atoms with Gasteiger partial charge in [0, 0.05) is 6.04 Å². The molecule has 0 saturated carbocycles. The predicted octanol–water partition coefficient (Wildman–Crippen LogP) is 4.11. The highest BCUT2D eigenvalue weighted by atomic mass is 32.1. The molecule has 1 atom stereocenters. The van der Waals surface area contributed by atoms with Crippen molar-refractivity contribution in [3.63, 3.8) is 0 Å². The van der Waals surface area contributed by atoms with Gasteiger partial charge in [-0.2, -0.15) is 0 Å². The van der Waals surface area contributed by atoms with Gasteiger partial charge in [0.15, 0.2) is 0 Å². The summed E-state index contributed by atoms with van der Waals surface area (Å²) in [6.45, 7) is 7.76. The molecule has 0 saturated heterocycles. The highest BCUT2D eigenvalue weighted by molar-refractivity contribution is 7.05. The summed E-state index contributed by atoms with van der Waals surface area (Å²) in [5, 5.41) is 7.95. The summed E-state index contributed by atoms with van der Waals surface area (Å²) in [6.07, 6.45) is 8.50. The van der Waals surface area contributed by atoms with Gasteiger partial charge < -0.3 is 5.32 Å². The zero-order chi connectivity index (χ0) is 13.2. The van der Waals surface area contributed by atoms with E-state index in [1.807, 2.05) is 0 Å². The van der Waals surface area contributed by atoms with Crippen LogP contribution in [0.25, 0.3) is 0 Å². The van der Waals surface area contributed by atoms with Crippen LogP contribution in [0.15, 0.2) is 0 Å². The molecule has 1 rings (SSSR count). The molecule has 0 bridgehead atoms. The van der Waals surface area contributed by atoms with Crippen molar-refractivity contribution in [3.8, 4) is 0 Å². The maximum absolute atomic E-state index is 4.29. The lowest BCUT2D eigenvalue weighted by atomic mass is 10.0. The first-order chi connectivity index (χ1) is 8.83. The lowest BCUT2D eigenvalue weighted by molar-refractivity contribution is 0.477. The van der Waals surface area contributed by atoms with Gasteiger partial charge in [0.2, 0.25) is 0 Å². The van der Waals surface area contributed by atoms with E-state index in [-0.39, 0.29) is 0 Å². The molecule has 1 N–H and O–H groups in total. The van der Waals surface area contributed by atoms with E-state index in [4.69, 9.17) is 0 Å². The van der Waals surface area contributed by atoms with Crippen LogP contribution in [0.5, 0.6) is 0 Å². The molecule has 0 amide bonds. The van der Waals surface area contributed by atoms with E-state index < -0.39 is 0 Å². The molecule has 1 aromatic rings. The number of unbranched alkanes of at least 4 members (excludes halogenated alkanes) is 2. The molecule has 4 heteroatoms. The van der Waals surface area contributed by atoms with E-state index in [1.54, 1.807) is 11.5 Å². The van der Waals surface area contributed by atoms with Crippen molar-refractivity contribution in [2.24, 2.45) is 0 Å². The van der Waals surface area contributed by atoms with E-state index in [0.29, 0.717) is 6.04 Å². The number of nitrogens with one attached hydrogen (secondary N) is 1. The average Bonchev–Trinajstić information content (AvgIpc) is 2.82. The second-order valence-corrected chi connectivity index (χ2v) is 5.62. The fourth-order valence-electron chi connectivity index (χ4n) is 2.13. The van der Waals surface area contributed by atoms with Gasteiger partial charge in [0.05, 0.1) is 10.6 Å². The highest BCUT2D eigenvalue weighted by Crippen LogP contribution is 2.26. The van der Waals surface area contributed by atoms with E-state index in [1.165, 1.54) is 42.7 Å². The zero-order valence-corrected chi connectivity index (χ0v) is 12.9. The maximum atomic E-state index is 4.29. The molecular formula is C14H27N3S. The summed E-state index contributed by atoms with van der Waals surface area (Å²) in [6, 6.07) is 0.470. The van der Waals surface area contributed by atoms with Crippen LogP contribution >= 0.6 is 11.5 Å². The zero-order valence-electron chi connectivity index (χ0n) is 12.0. The van der Waals surface area contributed by atoms with Crippen LogP contribution in [0.2, 0.25) is 0 Å². The monoisotopic (exact) mass is 269 g/mol. The molecule has 0 radical (unpaired) electrons. The van der Waals surface area contributed by atoms with Gasteiger partial charge in [0.25, 0.3) is 0 Å². The summed E-state index contributed by atoms with van der Waals surface area (Å²) >= 11 is 1.58. The Morgan fingerprint density at radius 1 is 1.11 bits per heavy atom. The average molecular weight is 269 g/mol. The normalized spacial score (nSPS) is 12.8. The lowest BCUT2D eigenvalue weighted by Gasteiger charge is -2.17. The third-order valence-corrected chi connectivity index (χ3v) is 4.01. The van der Waals surface area contributed by atoms with Crippen LogP contribution in [0.4, 0.5) is 0 Å². The molecule has 0 aliphatic rings. The minimum Gasteiger partial charge on any atom is -0.309 e. The fourth-order valence-corrected chi connectivity index (χ4v) is 2.94. The van der Waals surface area contributed by atoms with Gasteiger partial charge in [-0.25, -0.2) is 0 Å². The first-order valence-electron chi connectivity index (χ1n) is 7.37. The SMILES string of the molecule is CCCCCC(NCCC)c1snnc1CCC. The Kier molecular flexibility index (Phi) is 8.18. The smallest absolute Gasteiger partial charge is 0.0803 e. The molecule has 1 aromatic heterocycles. The Hall–Kier alpha value is -0.480. The minimum atomic E-state index is 0.470. The molecule has 18 heavy (non-hydrogen) atoms. The number of aromatic nitrogens is 2. The summed E-state index contributed by atoms with van der Waals surface area (Å²) in [4.78, 5) is 1.38. The molecule has 104 valence electrons. The molecule has 3 nitrogen and oxygen atoms in total. The summed E-state index contributed by atoms with van der Waals surface area (Å²) in [7, 11) is 0. The highest BCUT2D eigenvalue weighted by Gasteiger charge is 2.17. The standard InChI is InChI=1S/C14H27N3S/c1-4-7-8-10-12(15-11-6-3)14-13(9-5-2)16-17-18-14/h12,15H,4-11H2,1-3H3. The third-order valence-electron chi connectivity index (χ3n) is 3.13. The van der Waals surface area contributed by atoms with Crippen molar-refractivity contribution in [2.45, 2.75) is 71.8 Å². The Labute approximate surface area is 116 Å². The Balaban J connectivity index is 2.63. The lowest BCUT2D eigenvalue weighted by Crippen LogP contribution is -2.22. The first kappa shape index (κ1) is 15.6. The molecule has 1 heterocycles. The largest absolute Gasteiger partial charge is 0.309 e. The molecule has 0 aromatic carbocycles. The van der Waals surface area contributed by atoms with Crippen LogP contribution in [-0.4, -0.2) is 16.1 Å². The Bertz CT molecular complexity index is 312. The molecular weight excluding hydrogens is 242 g/mol. The molecule has 1 unspecified atom stereocenters. The first-order valence-corrected chi connectivity index (χ1v) is 8.15. The summed E-state index contributed by atoms with van der Waals surface area (Å²) in [5.74, 6) is 0. The van der Waals surface area contributed by atoms with Crippen molar-refractivity contribution >= 4 is 11.5 Å². The molecule has 0 spiro atoms. The quantitative estimate of drug-likeness (QED) is 0.649. The van der Waals surface area contributed by atoms with Crippen LogP contribution in [0.3, 0.4) is 0 Å².